The van der Waals surface area contributed by atoms with Gasteiger partial charge in [0.05, 0.1) is 0 Å². The first-order valence-corrected chi connectivity index (χ1v) is 3.46. The molecule has 0 radical (unpaired) electrons. The van der Waals surface area contributed by atoms with E-state index in [1.807, 2.05) is 0 Å². The summed E-state index contributed by atoms with van der Waals surface area (Å²) in [4.78, 5) is 10.3. The number of allylic oxidation sites excluding steroid dienone is 1. The first-order chi connectivity index (χ1) is 4.70. The SMILES string of the molecule is NC(=O)C=C(N)C1CCC1. The molecule has 0 saturated heterocycles. The minimum atomic E-state index is -0.440. The molecule has 1 aliphatic carbocycles. The first-order valence-electron chi connectivity index (χ1n) is 3.46. The van der Waals surface area contributed by atoms with Crippen molar-refractivity contribution in [3.05, 3.63) is 11.8 Å². The molecule has 0 aliphatic heterocycles. The second-order valence-corrected chi connectivity index (χ2v) is 2.67. The molecule has 0 bridgehead atoms. The maximum absolute atomic E-state index is 10.3. The molecule has 0 atom stereocenters. The highest BCUT2D eigenvalue weighted by atomic mass is 16.1. The molecule has 1 rings (SSSR count). The lowest BCUT2D eigenvalue weighted by atomic mass is 9.83. The molecule has 0 unspecified atom stereocenters. The summed E-state index contributed by atoms with van der Waals surface area (Å²) in [5.74, 6) is -0.0168. The maximum atomic E-state index is 10.3. The summed E-state index contributed by atoms with van der Waals surface area (Å²) in [6.45, 7) is 0. The van der Waals surface area contributed by atoms with Gasteiger partial charge < -0.3 is 11.5 Å². The Morgan fingerprint density at radius 1 is 1.40 bits per heavy atom. The summed E-state index contributed by atoms with van der Waals surface area (Å²) in [7, 11) is 0. The third-order valence-electron chi connectivity index (χ3n) is 1.89. The summed E-state index contributed by atoms with van der Waals surface area (Å²) in [6, 6.07) is 0. The summed E-state index contributed by atoms with van der Waals surface area (Å²) < 4.78 is 0. The summed E-state index contributed by atoms with van der Waals surface area (Å²) in [5.41, 5.74) is 11.1. The van der Waals surface area contributed by atoms with Gasteiger partial charge in [-0.15, -0.1) is 0 Å². The van der Waals surface area contributed by atoms with Crippen LogP contribution in [0.25, 0.3) is 0 Å². The highest BCUT2D eigenvalue weighted by Crippen LogP contribution is 2.30. The van der Waals surface area contributed by atoms with Crippen molar-refractivity contribution in [1.29, 1.82) is 0 Å². The molecule has 3 nitrogen and oxygen atoms in total. The zero-order valence-electron chi connectivity index (χ0n) is 5.84. The maximum Gasteiger partial charge on any atom is 0.243 e. The number of hydrogen-bond donors (Lipinski definition) is 2. The largest absolute Gasteiger partial charge is 0.402 e. The van der Waals surface area contributed by atoms with Crippen molar-refractivity contribution >= 4 is 5.91 Å². The molecule has 0 aromatic rings. The highest BCUT2D eigenvalue weighted by Gasteiger charge is 2.19. The molecule has 1 fully saturated rings. The van der Waals surface area contributed by atoms with Crippen molar-refractivity contribution in [3.8, 4) is 0 Å². The number of carbonyl (C=O) groups is 1. The smallest absolute Gasteiger partial charge is 0.243 e. The van der Waals surface area contributed by atoms with Gasteiger partial charge in [0.15, 0.2) is 0 Å². The quantitative estimate of drug-likeness (QED) is 0.535. The molecule has 0 aromatic carbocycles. The van der Waals surface area contributed by atoms with Gasteiger partial charge in [-0.3, -0.25) is 4.79 Å². The van der Waals surface area contributed by atoms with E-state index in [-0.39, 0.29) is 0 Å². The molecule has 56 valence electrons. The highest BCUT2D eigenvalue weighted by molar-refractivity contribution is 5.86. The predicted octanol–water partition coefficient (Wildman–Crippen LogP) is 0.114. The van der Waals surface area contributed by atoms with Crippen LogP contribution in [0, 0.1) is 5.92 Å². The van der Waals surface area contributed by atoms with E-state index in [2.05, 4.69) is 0 Å². The standard InChI is InChI=1S/C7H12N2O/c8-6(4-7(9)10)5-2-1-3-5/h4-5H,1-3,8H2,(H2,9,10). The van der Waals surface area contributed by atoms with Gasteiger partial charge in [-0.2, -0.15) is 0 Å². The molecular formula is C7H12N2O. The van der Waals surface area contributed by atoms with Crippen LogP contribution in [0.2, 0.25) is 0 Å². The predicted molar refractivity (Wildman–Crippen MR) is 38.8 cm³/mol. The average Bonchev–Trinajstić information content (AvgIpc) is 1.55. The van der Waals surface area contributed by atoms with Crippen molar-refractivity contribution in [3.63, 3.8) is 0 Å². The number of amides is 1. The van der Waals surface area contributed by atoms with Crippen molar-refractivity contribution in [2.45, 2.75) is 19.3 Å². The molecule has 3 heteroatoms. The van der Waals surface area contributed by atoms with Gasteiger partial charge in [-0.25, -0.2) is 0 Å². The Labute approximate surface area is 60.1 Å². The Morgan fingerprint density at radius 3 is 2.30 bits per heavy atom. The van der Waals surface area contributed by atoms with Gasteiger partial charge >= 0.3 is 0 Å². The van der Waals surface area contributed by atoms with Crippen molar-refractivity contribution in [2.75, 3.05) is 0 Å². The van der Waals surface area contributed by atoms with Gasteiger partial charge in [-0.05, 0) is 18.8 Å². The molecular weight excluding hydrogens is 128 g/mol. The Bertz CT molecular complexity index is 170. The molecule has 10 heavy (non-hydrogen) atoms. The van der Waals surface area contributed by atoms with E-state index in [1.54, 1.807) is 0 Å². The zero-order chi connectivity index (χ0) is 7.56. The average molecular weight is 140 g/mol. The van der Waals surface area contributed by atoms with Crippen LogP contribution in [-0.2, 0) is 4.79 Å². The van der Waals surface area contributed by atoms with E-state index >= 15 is 0 Å². The van der Waals surface area contributed by atoms with Crippen LogP contribution in [0.4, 0.5) is 0 Å². The van der Waals surface area contributed by atoms with Crippen molar-refractivity contribution in [2.24, 2.45) is 17.4 Å². The van der Waals surface area contributed by atoms with Crippen LogP contribution < -0.4 is 11.5 Å². The number of primary amides is 1. The van der Waals surface area contributed by atoms with Crippen LogP contribution in [-0.4, -0.2) is 5.91 Å². The van der Waals surface area contributed by atoms with E-state index in [4.69, 9.17) is 11.5 Å². The van der Waals surface area contributed by atoms with E-state index in [0.29, 0.717) is 11.6 Å². The molecule has 1 aliphatic rings. The Morgan fingerprint density at radius 2 is 2.00 bits per heavy atom. The fourth-order valence-electron chi connectivity index (χ4n) is 1.02. The van der Waals surface area contributed by atoms with E-state index in [0.717, 1.165) is 12.8 Å². The van der Waals surface area contributed by atoms with Gasteiger partial charge in [0, 0.05) is 11.8 Å². The molecule has 0 heterocycles. The lowest BCUT2D eigenvalue weighted by molar-refractivity contribution is -0.113. The zero-order valence-corrected chi connectivity index (χ0v) is 5.84. The minimum Gasteiger partial charge on any atom is -0.402 e. The number of carbonyl (C=O) groups excluding carboxylic acids is 1. The number of nitrogens with two attached hydrogens (primary N) is 2. The van der Waals surface area contributed by atoms with Crippen LogP contribution in [0.1, 0.15) is 19.3 Å². The molecule has 1 amide bonds. The van der Waals surface area contributed by atoms with E-state index in [1.165, 1.54) is 12.5 Å². The van der Waals surface area contributed by atoms with E-state index < -0.39 is 5.91 Å². The monoisotopic (exact) mass is 140 g/mol. The van der Waals surface area contributed by atoms with Crippen LogP contribution in [0.15, 0.2) is 11.8 Å². The number of rotatable bonds is 2. The van der Waals surface area contributed by atoms with Crippen molar-refractivity contribution in [1.82, 2.24) is 0 Å². The molecule has 4 N–H and O–H groups in total. The van der Waals surface area contributed by atoms with Gasteiger partial charge in [0.1, 0.15) is 0 Å². The van der Waals surface area contributed by atoms with Crippen molar-refractivity contribution < 1.29 is 4.79 Å². The van der Waals surface area contributed by atoms with E-state index in [9.17, 15) is 4.79 Å². The lowest BCUT2D eigenvalue weighted by Gasteiger charge is -2.25. The third kappa shape index (κ3) is 1.50. The molecule has 1 saturated carbocycles. The Kier molecular flexibility index (Phi) is 1.94. The second-order valence-electron chi connectivity index (χ2n) is 2.67. The third-order valence-corrected chi connectivity index (χ3v) is 1.89. The fraction of sp³-hybridized carbons (Fsp3) is 0.571. The van der Waals surface area contributed by atoms with Crippen LogP contribution >= 0.6 is 0 Å². The van der Waals surface area contributed by atoms with Gasteiger partial charge in [0.2, 0.25) is 5.91 Å². The topological polar surface area (TPSA) is 69.1 Å². The minimum absolute atomic E-state index is 0.424. The summed E-state index contributed by atoms with van der Waals surface area (Å²) in [6.07, 6.45) is 4.76. The molecule has 0 spiro atoms. The first kappa shape index (κ1) is 7.12. The molecule has 0 aromatic heterocycles. The van der Waals surface area contributed by atoms with Gasteiger partial charge in [0.25, 0.3) is 0 Å². The fourth-order valence-corrected chi connectivity index (χ4v) is 1.02. The Hall–Kier alpha value is -0.990. The van der Waals surface area contributed by atoms with Crippen LogP contribution in [0.3, 0.4) is 0 Å². The Balaban J connectivity index is 2.45. The second kappa shape index (κ2) is 2.73. The normalized spacial score (nSPS) is 20.2. The summed E-state index contributed by atoms with van der Waals surface area (Å²) in [5, 5.41) is 0. The number of hydrogen-bond acceptors (Lipinski definition) is 2. The summed E-state index contributed by atoms with van der Waals surface area (Å²) >= 11 is 0. The lowest BCUT2D eigenvalue weighted by Crippen LogP contribution is -2.21. The van der Waals surface area contributed by atoms with Gasteiger partial charge in [-0.1, -0.05) is 6.42 Å². The van der Waals surface area contributed by atoms with Crippen LogP contribution in [0.5, 0.6) is 0 Å².